The van der Waals surface area contributed by atoms with E-state index in [4.69, 9.17) is 0 Å². The molecule has 1 aliphatic carbocycles. The molecule has 0 radical (unpaired) electrons. The Hall–Kier alpha value is -2.28. The summed E-state index contributed by atoms with van der Waals surface area (Å²) in [4.78, 5) is 15.5. The summed E-state index contributed by atoms with van der Waals surface area (Å²) in [5.74, 6) is 0.935. The van der Waals surface area contributed by atoms with Crippen molar-refractivity contribution in [2.75, 3.05) is 6.54 Å². The van der Waals surface area contributed by atoms with Gasteiger partial charge in [0, 0.05) is 35.2 Å². The molecule has 0 aliphatic heterocycles. The Kier molecular flexibility index (Phi) is 4.72. The molecule has 0 spiro atoms. The number of aromatic amines is 1. The lowest BCUT2D eigenvalue weighted by Gasteiger charge is -2.13. The van der Waals surface area contributed by atoms with Crippen molar-refractivity contribution in [2.24, 2.45) is 0 Å². The van der Waals surface area contributed by atoms with E-state index in [1.54, 1.807) is 0 Å². The van der Waals surface area contributed by atoms with Gasteiger partial charge in [-0.3, -0.25) is 9.36 Å². The van der Waals surface area contributed by atoms with Crippen LogP contribution in [-0.2, 0) is 4.79 Å². The smallest absolute Gasteiger partial charge is 0.233 e. The molecule has 2 N–H and O–H groups in total. The predicted molar refractivity (Wildman–Crippen MR) is 104 cm³/mol. The van der Waals surface area contributed by atoms with E-state index in [-0.39, 0.29) is 11.2 Å². The first kappa shape index (κ1) is 17.1. The third kappa shape index (κ3) is 3.23. The van der Waals surface area contributed by atoms with Gasteiger partial charge in [0.15, 0.2) is 11.0 Å². The first-order chi connectivity index (χ1) is 12.7. The Labute approximate surface area is 156 Å². The number of para-hydroxylation sites is 1. The molecular weight excluding hydrogens is 346 g/mol. The molecule has 2 aromatic heterocycles. The molecule has 136 valence electrons. The zero-order valence-electron chi connectivity index (χ0n) is 15.0. The number of benzene rings is 1. The van der Waals surface area contributed by atoms with Gasteiger partial charge in [-0.05, 0) is 32.3 Å². The standard InChI is InChI=1S/C19H23N5OS/c1-3-10-20-18(25)12(2)26-19-23-22-17(24(19)13-8-9-13)15-11-21-16-7-5-4-6-14(15)16/h4-7,11-13,21H,3,8-10H2,1-2H3,(H,20,25)/t12-/m0/s1. The number of aromatic nitrogens is 4. The summed E-state index contributed by atoms with van der Waals surface area (Å²) in [5.41, 5.74) is 2.16. The molecule has 26 heavy (non-hydrogen) atoms. The minimum absolute atomic E-state index is 0.0517. The van der Waals surface area contributed by atoms with Crippen LogP contribution in [0.2, 0.25) is 0 Å². The normalized spacial score (nSPS) is 15.3. The van der Waals surface area contributed by atoms with E-state index in [1.807, 2.05) is 25.3 Å². The van der Waals surface area contributed by atoms with Gasteiger partial charge in [-0.2, -0.15) is 0 Å². The molecule has 0 bridgehead atoms. The molecule has 0 unspecified atom stereocenters. The van der Waals surface area contributed by atoms with Gasteiger partial charge in [0.2, 0.25) is 5.91 Å². The quantitative estimate of drug-likeness (QED) is 0.622. The van der Waals surface area contributed by atoms with E-state index in [2.05, 4.69) is 44.1 Å². The number of carbonyl (C=O) groups is 1. The molecule has 3 aromatic rings. The first-order valence-electron chi connectivity index (χ1n) is 9.14. The number of nitrogens with one attached hydrogen (secondary N) is 2. The fraction of sp³-hybridized carbons (Fsp3) is 0.421. The summed E-state index contributed by atoms with van der Waals surface area (Å²) in [6.45, 7) is 4.68. The minimum atomic E-state index is -0.195. The minimum Gasteiger partial charge on any atom is -0.360 e. The Morgan fingerprint density at radius 2 is 2.19 bits per heavy atom. The van der Waals surface area contributed by atoms with Crippen LogP contribution in [0.1, 0.15) is 39.2 Å². The number of carbonyl (C=O) groups excluding carboxylic acids is 1. The number of fused-ring (bicyclic) bond motifs is 1. The van der Waals surface area contributed by atoms with Crippen molar-refractivity contribution in [1.29, 1.82) is 0 Å². The van der Waals surface area contributed by atoms with E-state index in [1.165, 1.54) is 11.8 Å². The van der Waals surface area contributed by atoms with Crippen LogP contribution in [-0.4, -0.2) is 37.5 Å². The highest BCUT2D eigenvalue weighted by atomic mass is 32.2. The summed E-state index contributed by atoms with van der Waals surface area (Å²) in [6.07, 6.45) is 5.21. The van der Waals surface area contributed by atoms with Gasteiger partial charge in [0.25, 0.3) is 0 Å². The van der Waals surface area contributed by atoms with Gasteiger partial charge in [0.05, 0.1) is 5.25 Å². The number of rotatable bonds is 7. The van der Waals surface area contributed by atoms with Crippen molar-refractivity contribution in [3.05, 3.63) is 30.5 Å². The van der Waals surface area contributed by atoms with Crippen LogP contribution in [0.4, 0.5) is 0 Å². The van der Waals surface area contributed by atoms with E-state index in [0.29, 0.717) is 12.6 Å². The highest BCUT2D eigenvalue weighted by molar-refractivity contribution is 8.00. The van der Waals surface area contributed by atoms with Gasteiger partial charge >= 0.3 is 0 Å². The van der Waals surface area contributed by atoms with Crippen molar-refractivity contribution in [3.63, 3.8) is 0 Å². The van der Waals surface area contributed by atoms with Gasteiger partial charge in [-0.25, -0.2) is 0 Å². The van der Waals surface area contributed by atoms with Crippen molar-refractivity contribution in [2.45, 2.75) is 49.6 Å². The number of thioether (sulfide) groups is 1. The highest BCUT2D eigenvalue weighted by Crippen LogP contribution is 2.42. The second-order valence-electron chi connectivity index (χ2n) is 6.71. The molecule has 1 amide bonds. The molecule has 7 heteroatoms. The Balaban J connectivity index is 1.65. The van der Waals surface area contributed by atoms with E-state index in [0.717, 1.165) is 46.7 Å². The van der Waals surface area contributed by atoms with Crippen LogP contribution >= 0.6 is 11.8 Å². The molecule has 6 nitrogen and oxygen atoms in total. The summed E-state index contributed by atoms with van der Waals surface area (Å²) < 4.78 is 2.21. The van der Waals surface area contributed by atoms with Crippen molar-refractivity contribution < 1.29 is 4.79 Å². The van der Waals surface area contributed by atoms with E-state index < -0.39 is 0 Å². The van der Waals surface area contributed by atoms with Gasteiger partial charge < -0.3 is 10.3 Å². The maximum absolute atomic E-state index is 12.2. The molecular formula is C19H23N5OS. The molecule has 1 aromatic carbocycles. The van der Waals surface area contributed by atoms with Gasteiger partial charge in [-0.15, -0.1) is 10.2 Å². The van der Waals surface area contributed by atoms with Crippen LogP contribution in [0, 0.1) is 0 Å². The number of nitrogens with zero attached hydrogens (tertiary/aromatic N) is 3. The van der Waals surface area contributed by atoms with Crippen LogP contribution in [0.15, 0.2) is 35.6 Å². The molecule has 4 rings (SSSR count). The fourth-order valence-corrected chi connectivity index (χ4v) is 4.01. The number of amides is 1. The largest absolute Gasteiger partial charge is 0.360 e. The Morgan fingerprint density at radius 1 is 1.38 bits per heavy atom. The summed E-state index contributed by atoms with van der Waals surface area (Å²) in [7, 11) is 0. The van der Waals surface area contributed by atoms with Crippen LogP contribution < -0.4 is 5.32 Å². The third-order valence-electron chi connectivity index (χ3n) is 4.61. The summed E-state index contributed by atoms with van der Waals surface area (Å²) >= 11 is 1.49. The van der Waals surface area contributed by atoms with E-state index in [9.17, 15) is 4.79 Å². The average molecular weight is 369 g/mol. The van der Waals surface area contributed by atoms with Gasteiger partial charge in [-0.1, -0.05) is 36.9 Å². The zero-order chi connectivity index (χ0) is 18.1. The zero-order valence-corrected chi connectivity index (χ0v) is 15.8. The number of hydrogen-bond acceptors (Lipinski definition) is 4. The number of hydrogen-bond donors (Lipinski definition) is 2. The van der Waals surface area contributed by atoms with Crippen LogP contribution in [0.25, 0.3) is 22.3 Å². The lowest BCUT2D eigenvalue weighted by molar-refractivity contribution is -0.120. The first-order valence-corrected chi connectivity index (χ1v) is 10.0. The SMILES string of the molecule is CCCNC(=O)[C@H](C)Sc1nnc(-c2c[nH]c3ccccc23)n1C1CC1. The molecule has 1 fully saturated rings. The topological polar surface area (TPSA) is 75.6 Å². The average Bonchev–Trinajstić information content (AvgIpc) is 3.27. The summed E-state index contributed by atoms with van der Waals surface area (Å²) in [6, 6.07) is 8.65. The predicted octanol–water partition coefficient (Wildman–Crippen LogP) is 3.77. The second-order valence-corrected chi connectivity index (χ2v) is 8.01. The molecule has 1 saturated carbocycles. The molecule has 1 atom stereocenters. The summed E-state index contributed by atoms with van der Waals surface area (Å²) in [5, 5.41) is 13.6. The van der Waals surface area contributed by atoms with Crippen molar-refractivity contribution in [3.8, 4) is 11.4 Å². The van der Waals surface area contributed by atoms with Crippen LogP contribution in [0.5, 0.6) is 0 Å². The molecule has 2 heterocycles. The monoisotopic (exact) mass is 369 g/mol. The maximum Gasteiger partial charge on any atom is 0.233 e. The maximum atomic E-state index is 12.2. The lowest BCUT2D eigenvalue weighted by atomic mass is 10.1. The number of H-pyrrole nitrogens is 1. The van der Waals surface area contributed by atoms with Crippen molar-refractivity contribution in [1.82, 2.24) is 25.1 Å². The third-order valence-corrected chi connectivity index (χ3v) is 5.66. The van der Waals surface area contributed by atoms with Crippen LogP contribution in [0.3, 0.4) is 0 Å². The Bertz CT molecular complexity index is 927. The lowest BCUT2D eigenvalue weighted by Crippen LogP contribution is -2.31. The van der Waals surface area contributed by atoms with E-state index >= 15 is 0 Å². The van der Waals surface area contributed by atoms with Crippen molar-refractivity contribution >= 4 is 28.6 Å². The highest BCUT2D eigenvalue weighted by Gasteiger charge is 2.32. The molecule has 1 aliphatic rings. The molecule has 0 saturated heterocycles. The fourth-order valence-electron chi connectivity index (χ4n) is 3.06. The van der Waals surface area contributed by atoms with Gasteiger partial charge in [0.1, 0.15) is 0 Å². The second kappa shape index (κ2) is 7.15. The Morgan fingerprint density at radius 3 is 2.96 bits per heavy atom.